The number of nitrogens with one attached hydrogen (secondary N) is 2. The molecule has 0 saturated carbocycles. The molecule has 0 aliphatic heterocycles. The van der Waals surface area contributed by atoms with Gasteiger partial charge in [-0.05, 0) is 64.4 Å². The molecular formula is C23H28N2O5. The number of amides is 2. The van der Waals surface area contributed by atoms with E-state index >= 15 is 0 Å². The van der Waals surface area contributed by atoms with Crippen molar-refractivity contribution in [1.29, 1.82) is 0 Å². The molecule has 0 bridgehead atoms. The Hall–Kier alpha value is -3.35. The van der Waals surface area contributed by atoms with Gasteiger partial charge in [0.1, 0.15) is 5.60 Å². The lowest BCUT2D eigenvalue weighted by molar-refractivity contribution is -0.129. The second-order valence-corrected chi connectivity index (χ2v) is 7.96. The first-order valence-corrected chi connectivity index (χ1v) is 9.68. The van der Waals surface area contributed by atoms with E-state index in [1.807, 2.05) is 31.2 Å². The Balaban J connectivity index is 1.84. The minimum atomic E-state index is -0.942. The normalized spacial score (nSPS) is 11.9. The summed E-state index contributed by atoms with van der Waals surface area (Å²) in [6.07, 6.45) is -1.53. The second kappa shape index (κ2) is 9.91. The molecule has 0 aliphatic rings. The summed E-state index contributed by atoms with van der Waals surface area (Å²) in [7, 11) is 0. The molecule has 0 aromatic heterocycles. The maximum atomic E-state index is 12.3. The summed E-state index contributed by atoms with van der Waals surface area (Å²) >= 11 is 0. The summed E-state index contributed by atoms with van der Waals surface area (Å²) in [5.74, 6) is -1.01. The van der Waals surface area contributed by atoms with E-state index in [-0.39, 0.29) is 11.5 Å². The summed E-state index contributed by atoms with van der Waals surface area (Å²) in [5.41, 5.74) is 2.23. The Morgan fingerprint density at radius 1 is 0.967 bits per heavy atom. The zero-order valence-electron chi connectivity index (χ0n) is 17.9. The van der Waals surface area contributed by atoms with Crippen LogP contribution < -0.4 is 10.6 Å². The number of aryl methyl sites for hydroxylation is 1. The highest BCUT2D eigenvalue weighted by Crippen LogP contribution is 2.14. The van der Waals surface area contributed by atoms with Gasteiger partial charge in [0.15, 0.2) is 6.10 Å². The first kappa shape index (κ1) is 22.9. The van der Waals surface area contributed by atoms with Gasteiger partial charge in [0.2, 0.25) is 0 Å². The van der Waals surface area contributed by atoms with Crippen molar-refractivity contribution in [2.24, 2.45) is 0 Å². The summed E-state index contributed by atoms with van der Waals surface area (Å²) < 4.78 is 10.4. The average Bonchev–Trinajstić information content (AvgIpc) is 2.66. The van der Waals surface area contributed by atoms with Crippen LogP contribution in [0.3, 0.4) is 0 Å². The lowest BCUT2D eigenvalue weighted by atomic mass is 10.1. The molecule has 2 amide bonds. The van der Waals surface area contributed by atoms with Gasteiger partial charge in [-0.3, -0.25) is 10.1 Å². The van der Waals surface area contributed by atoms with E-state index in [9.17, 15) is 14.4 Å². The van der Waals surface area contributed by atoms with Crippen LogP contribution >= 0.6 is 0 Å². The lowest BCUT2D eigenvalue weighted by Gasteiger charge is -2.19. The van der Waals surface area contributed by atoms with E-state index in [1.165, 1.54) is 19.1 Å². The van der Waals surface area contributed by atoms with Crippen molar-refractivity contribution >= 4 is 23.7 Å². The van der Waals surface area contributed by atoms with Crippen molar-refractivity contribution in [3.8, 4) is 0 Å². The molecule has 2 aromatic carbocycles. The fourth-order valence-electron chi connectivity index (χ4n) is 2.43. The Morgan fingerprint density at radius 3 is 2.13 bits per heavy atom. The fourth-order valence-corrected chi connectivity index (χ4v) is 2.43. The predicted molar refractivity (Wildman–Crippen MR) is 114 cm³/mol. The van der Waals surface area contributed by atoms with Gasteiger partial charge in [0, 0.05) is 12.2 Å². The molecule has 0 saturated heterocycles. The van der Waals surface area contributed by atoms with E-state index in [1.54, 1.807) is 32.9 Å². The molecule has 0 heterocycles. The van der Waals surface area contributed by atoms with E-state index in [0.717, 1.165) is 11.1 Å². The number of anilines is 1. The molecule has 2 aromatic rings. The van der Waals surface area contributed by atoms with Crippen LogP contribution in [0, 0.1) is 6.92 Å². The van der Waals surface area contributed by atoms with E-state index in [4.69, 9.17) is 9.47 Å². The molecule has 1 atom stereocenters. The van der Waals surface area contributed by atoms with Gasteiger partial charge in [-0.1, -0.05) is 29.8 Å². The van der Waals surface area contributed by atoms with Gasteiger partial charge in [-0.15, -0.1) is 0 Å². The monoisotopic (exact) mass is 412 g/mol. The van der Waals surface area contributed by atoms with Crippen molar-refractivity contribution in [2.45, 2.75) is 52.9 Å². The van der Waals surface area contributed by atoms with Gasteiger partial charge in [0.05, 0.1) is 5.56 Å². The first-order chi connectivity index (χ1) is 14.0. The van der Waals surface area contributed by atoms with Gasteiger partial charge in [-0.2, -0.15) is 0 Å². The number of carbonyl (C=O) groups excluding carboxylic acids is 3. The second-order valence-electron chi connectivity index (χ2n) is 7.96. The molecule has 2 N–H and O–H groups in total. The first-order valence-electron chi connectivity index (χ1n) is 9.68. The number of ether oxygens (including phenoxy) is 2. The van der Waals surface area contributed by atoms with Gasteiger partial charge < -0.3 is 14.8 Å². The van der Waals surface area contributed by atoms with Crippen LogP contribution in [0.4, 0.5) is 10.5 Å². The SMILES string of the molecule is Cc1ccc(CNC(=O)[C@@H](C)OC(=O)c2ccc(NC(=O)OC(C)(C)C)cc2)cc1. The van der Waals surface area contributed by atoms with Crippen LogP contribution in [0.2, 0.25) is 0 Å². The van der Waals surface area contributed by atoms with Gasteiger partial charge in [-0.25, -0.2) is 9.59 Å². The molecule has 0 spiro atoms. The van der Waals surface area contributed by atoms with Gasteiger partial charge in [0.25, 0.3) is 5.91 Å². The molecular weight excluding hydrogens is 384 g/mol. The number of hydrogen-bond acceptors (Lipinski definition) is 5. The molecule has 30 heavy (non-hydrogen) atoms. The van der Waals surface area contributed by atoms with Gasteiger partial charge >= 0.3 is 12.1 Å². The minimum absolute atomic E-state index is 0.267. The molecule has 0 unspecified atom stereocenters. The quantitative estimate of drug-likeness (QED) is 0.694. The standard InChI is InChI=1S/C23H28N2O5/c1-15-6-8-17(9-7-15)14-24-20(26)16(2)29-21(27)18-10-12-19(13-11-18)25-22(28)30-23(3,4)5/h6-13,16H,14H2,1-5H3,(H,24,26)(H,25,28)/t16-/m1/s1. The maximum absolute atomic E-state index is 12.3. The Bertz CT molecular complexity index is 883. The largest absolute Gasteiger partial charge is 0.449 e. The zero-order valence-corrected chi connectivity index (χ0v) is 17.9. The highest BCUT2D eigenvalue weighted by molar-refractivity contribution is 5.93. The summed E-state index contributed by atoms with van der Waals surface area (Å²) in [5, 5.41) is 5.33. The summed E-state index contributed by atoms with van der Waals surface area (Å²) in [6, 6.07) is 13.9. The third-order valence-corrected chi connectivity index (χ3v) is 4.01. The summed E-state index contributed by atoms with van der Waals surface area (Å²) in [6.45, 7) is 9.16. The number of benzene rings is 2. The highest BCUT2D eigenvalue weighted by Gasteiger charge is 2.19. The van der Waals surface area contributed by atoms with Crippen molar-refractivity contribution < 1.29 is 23.9 Å². The Morgan fingerprint density at radius 2 is 1.57 bits per heavy atom. The van der Waals surface area contributed by atoms with Crippen LogP contribution in [0.5, 0.6) is 0 Å². The van der Waals surface area contributed by atoms with Crippen LogP contribution in [-0.4, -0.2) is 29.7 Å². The third-order valence-electron chi connectivity index (χ3n) is 4.01. The fraction of sp³-hybridized carbons (Fsp3) is 0.348. The maximum Gasteiger partial charge on any atom is 0.412 e. The number of rotatable bonds is 6. The van der Waals surface area contributed by atoms with Crippen LogP contribution in [0.1, 0.15) is 49.2 Å². The van der Waals surface area contributed by atoms with Crippen LogP contribution in [-0.2, 0) is 20.8 Å². The summed E-state index contributed by atoms with van der Waals surface area (Å²) in [4.78, 5) is 36.2. The zero-order chi connectivity index (χ0) is 22.3. The molecule has 160 valence electrons. The molecule has 7 nitrogen and oxygen atoms in total. The average molecular weight is 412 g/mol. The Labute approximate surface area is 176 Å². The predicted octanol–water partition coefficient (Wildman–Crippen LogP) is 4.20. The van der Waals surface area contributed by atoms with Crippen molar-refractivity contribution in [1.82, 2.24) is 5.32 Å². The lowest BCUT2D eigenvalue weighted by Crippen LogP contribution is -2.35. The van der Waals surface area contributed by atoms with E-state index in [0.29, 0.717) is 12.2 Å². The molecule has 0 radical (unpaired) electrons. The van der Waals surface area contributed by atoms with Crippen molar-refractivity contribution in [2.75, 3.05) is 5.32 Å². The van der Waals surface area contributed by atoms with E-state index in [2.05, 4.69) is 10.6 Å². The number of esters is 1. The molecule has 0 fully saturated rings. The van der Waals surface area contributed by atoms with E-state index < -0.39 is 23.8 Å². The number of carbonyl (C=O) groups is 3. The Kier molecular flexibility index (Phi) is 7.58. The van der Waals surface area contributed by atoms with Crippen molar-refractivity contribution in [3.05, 3.63) is 65.2 Å². The topological polar surface area (TPSA) is 93.7 Å². The smallest absolute Gasteiger partial charge is 0.412 e. The molecule has 2 rings (SSSR count). The van der Waals surface area contributed by atoms with Crippen LogP contribution in [0.25, 0.3) is 0 Å². The van der Waals surface area contributed by atoms with Crippen LogP contribution in [0.15, 0.2) is 48.5 Å². The third kappa shape index (κ3) is 7.58. The minimum Gasteiger partial charge on any atom is -0.449 e. The highest BCUT2D eigenvalue weighted by atomic mass is 16.6. The number of hydrogen-bond donors (Lipinski definition) is 2. The molecule has 7 heteroatoms. The van der Waals surface area contributed by atoms with Crippen molar-refractivity contribution in [3.63, 3.8) is 0 Å². The molecule has 0 aliphatic carbocycles.